The minimum atomic E-state index is -0.537. The Morgan fingerprint density at radius 2 is 1.90 bits per heavy atom. The van der Waals surface area contributed by atoms with E-state index in [-0.39, 0.29) is 17.9 Å². The van der Waals surface area contributed by atoms with Crippen molar-refractivity contribution in [3.05, 3.63) is 53.6 Å². The largest absolute Gasteiger partial charge is 0.504 e. The Balaban J connectivity index is 2.30. The first-order valence-electron chi connectivity index (χ1n) is 6.23. The lowest BCUT2D eigenvalue weighted by atomic mass is 10.1. The molecular formula is C16H14N2O3. The molecule has 0 unspecified atom stereocenters. The van der Waals surface area contributed by atoms with Gasteiger partial charge in [-0.15, -0.1) is 0 Å². The Hall–Kier alpha value is -2.97. The van der Waals surface area contributed by atoms with Crippen molar-refractivity contribution in [2.45, 2.75) is 0 Å². The van der Waals surface area contributed by atoms with Gasteiger partial charge in [-0.1, -0.05) is 30.0 Å². The third-order valence-electron chi connectivity index (χ3n) is 2.76. The molecule has 0 aromatic heterocycles. The molecule has 5 N–H and O–H groups in total. The Morgan fingerprint density at radius 3 is 2.67 bits per heavy atom. The van der Waals surface area contributed by atoms with E-state index in [0.717, 1.165) is 0 Å². The van der Waals surface area contributed by atoms with Gasteiger partial charge in [-0.2, -0.15) is 0 Å². The zero-order valence-electron chi connectivity index (χ0n) is 11.1. The second-order valence-electron chi connectivity index (χ2n) is 4.18. The van der Waals surface area contributed by atoms with Crippen molar-refractivity contribution in [1.82, 2.24) is 0 Å². The number of nitrogens with one attached hydrogen (secondary N) is 1. The maximum absolute atomic E-state index is 12.2. The van der Waals surface area contributed by atoms with Gasteiger partial charge < -0.3 is 21.3 Å². The van der Waals surface area contributed by atoms with Crippen LogP contribution in [-0.2, 0) is 0 Å². The molecule has 0 atom stereocenters. The second-order valence-corrected chi connectivity index (χ2v) is 4.18. The lowest BCUT2D eigenvalue weighted by molar-refractivity contribution is 0.102. The van der Waals surface area contributed by atoms with Gasteiger partial charge in [0.1, 0.15) is 0 Å². The van der Waals surface area contributed by atoms with Gasteiger partial charge >= 0.3 is 0 Å². The molecule has 0 aliphatic carbocycles. The van der Waals surface area contributed by atoms with Gasteiger partial charge in [0.2, 0.25) is 0 Å². The van der Waals surface area contributed by atoms with Crippen molar-refractivity contribution in [1.29, 1.82) is 0 Å². The van der Waals surface area contributed by atoms with Crippen LogP contribution in [-0.4, -0.2) is 22.7 Å². The number of aromatic hydroxyl groups is 2. The number of phenolic OH excluding ortho intramolecular Hbond substituents is 2. The molecule has 2 rings (SSSR count). The fourth-order valence-corrected chi connectivity index (χ4v) is 1.75. The van der Waals surface area contributed by atoms with Crippen LogP contribution in [0.4, 0.5) is 5.69 Å². The van der Waals surface area contributed by atoms with Crippen LogP contribution in [0, 0.1) is 11.8 Å². The molecule has 2 aromatic rings. The number of rotatable bonds is 2. The number of carbonyl (C=O) groups excluding carboxylic acids is 1. The number of nitrogens with two attached hydrogens (primary N) is 1. The van der Waals surface area contributed by atoms with Crippen LogP contribution in [0.15, 0.2) is 42.5 Å². The van der Waals surface area contributed by atoms with Crippen molar-refractivity contribution in [3.63, 3.8) is 0 Å². The molecule has 0 fully saturated rings. The number of hydrogen-bond acceptors (Lipinski definition) is 4. The smallest absolute Gasteiger partial charge is 0.259 e. The van der Waals surface area contributed by atoms with E-state index in [4.69, 9.17) is 5.73 Å². The fraction of sp³-hybridized carbons (Fsp3) is 0.0625. The summed E-state index contributed by atoms with van der Waals surface area (Å²) in [5.41, 5.74) is 6.44. The summed E-state index contributed by atoms with van der Waals surface area (Å²) in [6.45, 7) is 0.218. The number of hydrogen-bond donors (Lipinski definition) is 4. The summed E-state index contributed by atoms with van der Waals surface area (Å²) >= 11 is 0. The first-order valence-corrected chi connectivity index (χ1v) is 6.23. The maximum atomic E-state index is 12.2. The molecule has 5 heteroatoms. The highest BCUT2D eigenvalue weighted by atomic mass is 16.3. The highest BCUT2D eigenvalue weighted by Crippen LogP contribution is 2.29. The molecule has 0 saturated heterocycles. The normalized spacial score (nSPS) is 9.57. The molecule has 21 heavy (non-hydrogen) atoms. The van der Waals surface area contributed by atoms with Crippen LogP contribution >= 0.6 is 0 Å². The lowest BCUT2D eigenvalue weighted by Gasteiger charge is -2.09. The van der Waals surface area contributed by atoms with Gasteiger partial charge in [0.05, 0.1) is 17.8 Å². The van der Waals surface area contributed by atoms with Gasteiger partial charge in [-0.25, -0.2) is 0 Å². The highest BCUT2D eigenvalue weighted by Gasteiger charge is 2.14. The molecule has 0 bridgehead atoms. The van der Waals surface area contributed by atoms with Crippen molar-refractivity contribution in [3.8, 4) is 23.3 Å². The molecule has 5 nitrogen and oxygen atoms in total. The minimum Gasteiger partial charge on any atom is -0.504 e. The first-order chi connectivity index (χ1) is 10.1. The zero-order chi connectivity index (χ0) is 15.2. The van der Waals surface area contributed by atoms with Gasteiger partial charge in [0, 0.05) is 5.56 Å². The number of para-hydroxylation sites is 2. The lowest BCUT2D eigenvalue weighted by Crippen LogP contribution is -2.13. The molecule has 1 amide bonds. The van der Waals surface area contributed by atoms with Crippen LogP contribution in [0.3, 0.4) is 0 Å². The standard InChI is InChI=1S/C16H14N2O3/c17-10-4-6-11-5-1-2-8-13(11)18-16(21)12-7-3-9-14(19)15(12)20/h1-3,5,7-9,19-20H,10,17H2,(H,18,21). The number of phenols is 2. The topological polar surface area (TPSA) is 95.6 Å². The van der Waals surface area contributed by atoms with Crippen LogP contribution in [0.1, 0.15) is 15.9 Å². The van der Waals surface area contributed by atoms with E-state index in [1.165, 1.54) is 18.2 Å². The monoisotopic (exact) mass is 282 g/mol. The van der Waals surface area contributed by atoms with Gasteiger partial charge in [-0.3, -0.25) is 4.79 Å². The zero-order valence-corrected chi connectivity index (χ0v) is 11.1. The summed E-state index contributed by atoms with van der Waals surface area (Å²) in [4.78, 5) is 12.2. The van der Waals surface area contributed by atoms with E-state index < -0.39 is 11.7 Å². The average molecular weight is 282 g/mol. The van der Waals surface area contributed by atoms with Gasteiger partial charge in [0.15, 0.2) is 11.5 Å². The van der Waals surface area contributed by atoms with E-state index in [1.54, 1.807) is 24.3 Å². The van der Waals surface area contributed by atoms with Crippen LogP contribution in [0.5, 0.6) is 11.5 Å². The predicted octanol–water partition coefficient (Wildman–Crippen LogP) is 1.66. The number of amides is 1. The maximum Gasteiger partial charge on any atom is 0.259 e. The predicted molar refractivity (Wildman–Crippen MR) is 80.1 cm³/mol. The van der Waals surface area contributed by atoms with Crippen molar-refractivity contribution in [2.24, 2.45) is 5.73 Å². The quantitative estimate of drug-likeness (QED) is 0.497. The number of benzene rings is 2. The van der Waals surface area contributed by atoms with Crippen molar-refractivity contribution >= 4 is 11.6 Å². The SMILES string of the molecule is NCC#Cc1ccccc1NC(=O)c1cccc(O)c1O. The molecule has 0 aliphatic rings. The first kappa shape index (κ1) is 14.4. The molecular weight excluding hydrogens is 268 g/mol. The Bertz CT molecular complexity index is 730. The molecule has 0 spiro atoms. The minimum absolute atomic E-state index is 0.0170. The molecule has 0 aliphatic heterocycles. The summed E-state index contributed by atoms with van der Waals surface area (Å²) in [7, 11) is 0. The summed E-state index contributed by atoms with van der Waals surface area (Å²) in [5, 5.41) is 21.8. The summed E-state index contributed by atoms with van der Waals surface area (Å²) in [5.74, 6) is 4.23. The number of anilines is 1. The molecule has 106 valence electrons. The van der Waals surface area contributed by atoms with E-state index in [1.807, 2.05) is 0 Å². The van der Waals surface area contributed by atoms with Crippen LogP contribution in [0.2, 0.25) is 0 Å². The van der Waals surface area contributed by atoms with E-state index in [9.17, 15) is 15.0 Å². The summed E-state index contributed by atoms with van der Waals surface area (Å²) < 4.78 is 0. The van der Waals surface area contributed by atoms with E-state index >= 15 is 0 Å². The van der Waals surface area contributed by atoms with Crippen molar-refractivity contribution < 1.29 is 15.0 Å². The summed E-state index contributed by atoms with van der Waals surface area (Å²) in [6, 6.07) is 11.2. The number of carbonyl (C=O) groups is 1. The van der Waals surface area contributed by atoms with E-state index in [0.29, 0.717) is 11.3 Å². The third-order valence-corrected chi connectivity index (χ3v) is 2.76. The van der Waals surface area contributed by atoms with Gasteiger partial charge in [-0.05, 0) is 24.3 Å². The van der Waals surface area contributed by atoms with Crippen LogP contribution in [0.25, 0.3) is 0 Å². The highest BCUT2D eigenvalue weighted by molar-refractivity contribution is 6.07. The summed E-state index contributed by atoms with van der Waals surface area (Å²) in [6.07, 6.45) is 0. The van der Waals surface area contributed by atoms with Crippen LogP contribution < -0.4 is 11.1 Å². The molecule has 0 radical (unpaired) electrons. The van der Waals surface area contributed by atoms with E-state index in [2.05, 4.69) is 17.2 Å². The Labute approximate surface area is 122 Å². The fourth-order valence-electron chi connectivity index (χ4n) is 1.75. The molecule has 2 aromatic carbocycles. The van der Waals surface area contributed by atoms with Crippen molar-refractivity contribution in [2.75, 3.05) is 11.9 Å². The third kappa shape index (κ3) is 3.32. The Morgan fingerprint density at radius 1 is 1.14 bits per heavy atom. The Kier molecular flexibility index (Phi) is 4.44. The second kappa shape index (κ2) is 6.46. The molecule has 0 heterocycles. The molecule has 0 saturated carbocycles. The average Bonchev–Trinajstić information content (AvgIpc) is 2.49. The van der Waals surface area contributed by atoms with Gasteiger partial charge in [0.25, 0.3) is 5.91 Å².